The minimum Gasteiger partial charge on any atom is -0.357 e. The van der Waals surface area contributed by atoms with E-state index in [9.17, 15) is 19.8 Å². The molecule has 0 aliphatic rings. The molecule has 2 atom stereocenters. The number of carbonyl (C=O) groups excluding carboxylic acids is 2. The van der Waals surface area contributed by atoms with Gasteiger partial charge < -0.3 is 20.0 Å². The molecule has 8 nitrogen and oxygen atoms in total. The molecule has 188 valence electrons. The third-order valence-corrected chi connectivity index (χ3v) is 5.37. The van der Waals surface area contributed by atoms with E-state index in [0.29, 0.717) is 11.5 Å². The van der Waals surface area contributed by atoms with Crippen molar-refractivity contribution in [1.82, 2.24) is 0 Å². The second-order valence-corrected chi connectivity index (χ2v) is 9.19. The molecule has 0 amide bonds. The number of carbonyl (C=O) groups is 2. The lowest BCUT2D eigenvalue weighted by molar-refractivity contribution is -0.340. The molecule has 0 saturated heterocycles. The van der Waals surface area contributed by atoms with E-state index in [4.69, 9.17) is 19.6 Å². The van der Waals surface area contributed by atoms with Crippen LogP contribution in [-0.2, 0) is 24.8 Å². The SMILES string of the molecule is C=C(C)C(=O)C(C)(O)OOc1ccc(C(C)(C)c2ccc(OOC(C)(O)C(=O)C(=C)C)cc2)cc1. The molecule has 8 heteroatoms. The highest BCUT2D eigenvalue weighted by Crippen LogP contribution is 2.33. The number of benzene rings is 2. The predicted octanol–water partition coefficient (Wildman–Crippen LogP) is 4.34. The van der Waals surface area contributed by atoms with Crippen LogP contribution in [0.4, 0.5) is 0 Å². The smallest absolute Gasteiger partial charge is 0.271 e. The predicted molar refractivity (Wildman–Crippen MR) is 129 cm³/mol. The van der Waals surface area contributed by atoms with Gasteiger partial charge in [0.05, 0.1) is 0 Å². The highest BCUT2D eigenvalue weighted by molar-refractivity contribution is 5.99. The van der Waals surface area contributed by atoms with Gasteiger partial charge >= 0.3 is 0 Å². The maximum absolute atomic E-state index is 11.9. The first-order valence-electron chi connectivity index (χ1n) is 10.9. The first-order valence-corrected chi connectivity index (χ1v) is 10.9. The topological polar surface area (TPSA) is 112 Å². The van der Waals surface area contributed by atoms with Crippen molar-refractivity contribution in [3.63, 3.8) is 0 Å². The molecule has 2 aromatic carbocycles. The van der Waals surface area contributed by atoms with E-state index >= 15 is 0 Å². The molecule has 2 aromatic rings. The van der Waals surface area contributed by atoms with Crippen molar-refractivity contribution in [2.24, 2.45) is 0 Å². The van der Waals surface area contributed by atoms with E-state index in [1.165, 1.54) is 27.7 Å². The Morgan fingerprint density at radius 2 is 0.943 bits per heavy atom. The zero-order valence-corrected chi connectivity index (χ0v) is 20.9. The third-order valence-electron chi connectivity index (χ3n) is 5.37. The lowest BCUT2D eigenvalue weighted by atomic mass is 9.78. The summed E-state index contributed by atoms with van der Waals surface area (Å²) in [5, 5.41) is 20.2. The molecule has 0 spiro atoms. The molecule has 0 bridgehead atoms. The van der Waals surface area contributed by atoms with E-state index in [-0.39, 0.29) is 11.1 Å². The number of rotatable bonds is 12. The maximum Gasteiger partial charge on any atom is 0.271 e. The molecular formula is C27H32O8. The molecule has 0 aliphatic heterocycles. The van der Waals surface area contributed by atoms with E-state index < -0.39 is 28.6 Å². The zero-order valence-electron chi connectivity index (χ0n) is 20.9. The van der Waals surface area contributed by atoms with Gasteiger partial charge in [-0.3, -0.25) is 9.59 Å². The third kappa shape index (κ3) is 6.86. The van der Waals surface area contributed by atoms with Crippen molar-refractivity contribution in [3.05, 3.63) is 84.0 Å². The lowest BCUT2D eigenvalue weighted by Crippen LogP contribution is -2.39. The fraction of sp³-hybridized carbons (Fsp3) is 0.333. The Kier molecular flexibility index (Phi) is 8.41. The first kappa shape index (κ1) is 27.9. The Bertz CT molecular complexity index is 1010. The summed E-state index contributed by atoms with van der Waals surface area (Å²) in [4.78, 5) is 43.9. The average molecular weight is 485 g/mol. The van der Waals surface area contributed by atoms with Gasteiger partial charge in [-0.2, -0.15) is 0 Å². The summed E-state index contributed by atoms with van der Waals surface area (Å²) in [6.45, 7) is 16.3. The van der Waals surface area contributed by atoms with Crippen molar-refractivity contribution in [2.75, 3.05) is 0 Å². The summed E-state index contributed by atoms with van der Waals surface area (Å²) in [5.74, 6) is -5.06. The summed E-state index contributed by atoms with van der Waals surface area (Å²) >= 11 is 0. The summed E-state index contributed by atoms with van der Waals surface area (Å²) in [7, 11) is 0. The van der Waals surface area contributed by atoms with Crippen molar-refractivity contribution < 1.29 is 39.4 Å². The summed E-state index contributed by atoms with van der Waals surface area (Å²) in [6, 6.07) is 14.0. The molecule has 0 saturated carbocycles. The Morgan fingerprint density at radius 1 is 0.657 bits per heavy atom. The molecule has 35 heavy (non-hydrogen) atoms. The van der Waals surface area contributed by atoms with Crippen molar-refractivity contribution in [1.29, 1.82) is 0 Å². The van der Waals surface area contributed by atoms with Crippen LogP contribution in [0.2, 0.25) is 0 Å². The average Bonchev–Trinajstić information content (AvgIpc) is 2.80. The van der Waals surface area contributed by atoms with Gasteiger partial charge in [0, 0.05) is 19.3 Å². The number of aliphatic hydroxyl groups is 2. The minimum absolute atomic E-state index is 0.143. The first-order chi connectivity index (χ1) is 16.1. The van der Waals surface area contributed by atoms with Gasteiger partial charge in [-0.05, 0) is 60.4 Å². The highest BCUT2D eigenvalue weighted by atomic mass is 17.2. The Hall–Kier alpha value is -3.30. The van der Waals surface area contributed by atoms with Gasteiger partial charge in [0.15, 0.2) is 11.5 Å². The van der Waals surface area contributed by atoms with E-state index in [1.54, 1.807) is 24.3 Å². The summed E-state index contributed by atoms with van der Waals surface area (Å²) in [5.41, 5.74) is 1.78. The van der Waals surface area contributed by atoms with Crippen molar-refractivity contribution >= 4 is 11.6 Å². The van der Waals surface area contributed by atoms with Gasteiger partial charge in [-0.25, -0.2) is 0 Å². The molecule has 0 aromatic heterocycles. The number of ketones is 2. The maximum atomic E-state index is 11.9. The standard InChI is InChI=1S/C27H32O8/c1-17(2)23(28)26(7,30)34-32-21-13-9-19(10-14-21)25(5,6)20-11-15-22(16-12-20)33-35-27(8,31)24(29)18(3)4/h9-16,30-31H,1,3H2,2,4-8H3. The van der Waals surface area contributed by atoms with E-state index in [2.05, 4.69) is 13.2 Å². The van der Waals surface area contributed by atoms with Gasteiger partial charge in [0.1, 0.15) is 0 Å². The van der Waals surface area contributed by atoms with E-state index in [0.717, 1.165) is 11.1 Å². The van der Waals surface area contributed by atoms with E-state index in [1.807, 2.05) is 38.1 Å². The number of Topliss-reactive ketones (excluding diaryl/α,β-unsaturated/α-hetero) is 2. The highest BCUT2D eigenvalue weighted by Gasteiger charge is 2.35. The second kappa shape index (κ2) is 10.5. The fourth-order valence-electron chi connectivity index (χ4n) is 3.15. The van der Waals surface area contributed by atoms with Gasteiger partial charge in [-0.15, -0.1) is 9.78 Å². The van der Waals surface area contributed by atoms with Crippen molar-refractivity contribution in [3.8, 4) is 11.5 Å². The van der Waals surface area contributed by atoms with Crippen molar-refractivity contribution in [2.45, 2.75) is 58.5 Å². The Labute approximate surface area is 205 Å². The number of hydrogen-bond donors (Lipinski definition) is 2. The molecule has 2 rings (SSSR count). The largest absolute Gasteiger partial charge is 0.357 e. The van der Waals surface area contributed by atoms with Crippen LogP contribution in [-0.4, -0.2) is 33.4 Å². The monoisotopic (exact) mass is 484 g/mol. The van der Waals surface area contributed by atoms with Crippen LogP contribution in [0.5, 0.6) is 11.5 Å². The van der Waals surface area contributed by atoms with Crippen LogP contribution in [0.15, 0.2) is 72.8 Å². The Balaban J connectivity index is 2.07. The molecule has 0 fully saturated rings. The van der Waals surface area contributed by atoms with Crippen LogP contribution < -0.4 is 9.78 Å². The summed E-state index contributed by atoms with van der Waals surface area (Å²) < 4.78 is 0. The lowest BCUT2D eigenvalue weighted by Gasteiger charge is -2.27. The Morgan fingerprint density at radius 3 is 1.20 bits per heavy atom. The van der Waals surface area contributed by atoms with Gasteiger partial charge in [0.2, 0.25) is 11.6 Å². The van der Waals surface area contributed by atoms with Crippen LogP contribution >= 0.6 is 0 Å². The molecule has 0 heterocycles. The molecule has 0 aliphatic carbocycles. The minimum atomic E-state index is -2.15. The normalized spacial score (nSPS) is 14.9. The number of hydrogen-bond acceptors (Lipinski definition) is 8. The van der Waals surface area contributed by atoms with Crippen LogP contribution in [0.3, 0.4) is 0 Å². The summed E-state index contributed by atoms with van der Waals surface area (Å²) in [6.07, 6.45) is 0. The van der Waals surface area contributed by atoms with Gasteiger partial charge in [-0.1, -0.05) is 51.3 Å². The van der Waals surface area contributed by atoms with Crippen LogP contribution in [0, 0.1) is 0 Å². The molecule has 2 unspecified atom stereocenters. The molecule has 0 radical (unpaired) electrons. The van der Waals surface area contributed by atoms with Crippen LogP contribution in [0.1, 0.15) is 52.7 Å². The van der Waals surface area contributed by atoms with Gasteiger partial charge in [0.25, 0.3) is 11.6 Å². The zero-order chi connectivity index (χ0) is 26.6. The molecular weight excluding hydrogens is 452 g/mol. The fourth-order valence-corrected chi connectivity index (χ4v) is 3.15. The second-order valence-electron chi connectivity index (χ2n) is 9.19. The van der Waals surface area contributed by atoms with Crippen LogP contribution in [0.25, 0.3) is 0 Å². The quantitative estimate of drug-likeness (QED) is 0.198. The molecule has 2 N–H and O–H groups in total.